The second-order valence-corrected chi connectivity index (χ2v) is 4.55. The van der Waals surface area contributed by atoms with Crippen molar-refractivity contribution in [1.29, 1.82) is 0 Å². The highest BCUT2D eigenvalue weighted by Crippen LogP contribution is 2.15. The second kappa shape index (κ2) is 5.18. The van der Waals surface area contributed by atoms with E-state index in [9.17, 15) is 0 Å². The van der Waals surface area contributed by atoms with E-state index in [0.717, 1.165) is 23.8 Å². The summed E-state index contributed by atoms with van der Waals surface area (Å²) in [6.07, 6.45) is 5.57. The van der Waals surface area contributed by atoms with Crippen LogP contribution < -0.4 is 10.6 Å². The maximum absolute atomic E-state index is 5.80. The molecule has 0 saturated carbocycles. The first-order chi connectivity index (χ1) is 8.58. The van der Waals surface area contributed by atoms with Crippen molar-refractivity contribution in [1.82, 2.24) is 14.5 Å². The second-order valence-electron chi connectivity index (χ2n) is 4.55. The van der Waals surface area contributed by atoms with E-state index in [4.69, 9.17) is 5.73 Å². The monoisotopic (exact) mass is 245 g/mol. The molecule has 0 saturated heterocycles. The normalized spacial score (nSPS) is 12.4. The average molecular weight is 245 g/mol. The summed E-state index contributed by atoms with van der Waals surface area (Å²) in [5.41, 5.74) is 6.85. The van der Waals surface area contributed by atoms with Crippen molar-refractivity contribution >= 4 is 5.82 Å². The lowest BCUT2D eigenvalue weighted by atomic mass is 10.1. The maximum Gasteiger partial charge on any atom is 0.128 e. The molecule has 1 unspecified atom stereocenters. The fourth-order valence-electron chi connectivity index (χ4n) is 1.73. The van der Waals surface area contributed by atoms with Crippen molar-refractivity contribution in [3.63, 3.8) is 0 Å². The van der Waals surface area contributed by atoms with Crippen LogP contribution in [-0.4, -0.2) is 21.6 Å². The van der Waals surface area contributed by atoms with Crippen LogP contribution in [0.1, 0.15) is 24.4 Å². The van der Waals surface area contributed by atoms with E-state index in [-0.39, 0.29) is 6.04 Å². The summed E-state index contributed by atoms with van der Waals surface area (Å²) in [6, 6.07) is 4.02. The SMILES string of the molecule is CC(N)c1ccc(N(C)Cc2nccn2C)nc1. The summed E-state index contributed by atoms with van der Waals surface area (Å²) in [5, 5.41) is 0. The Hall–Kier alpha value is -1.88. The number of hydrogen-bond acceptors (Lipinski definition) is 4. The average Bonchev–Trinajstić information content (AvgIpc) is 2.75. The minimum atomic E-state index is 0.0198. The third-order valence-corrected chi connectivity index (χ3v) is 2.99. The predicted molar refractivity (Wildman–Crippen MR) is 72.2 cm³/mol. The first-order valence-corrected chi connectivity index (χ1v) is 5.97. The van der Waals surface area contributed by atoms with Gasteiger partial charge in [0.05, 0.1) is 6.54 Å². The molecule has 0 bridgehead atoms. The molecule has 1 atom stereocenters. The van der Waals surface area contributed by atoms with Gasteiger partial charge < -0.3 is 15.2 Å². The van der Waals surface area contributed by atoms with Crippen molar-refractivity contribution in [2.75, 3.05) is 11.9 Å². The molecule has 0 aromatic carbocycles. The van der Waals surface area contributed by atoms with Crippen LogP contribution in [0, 0.1) is 0 Å². The van der Waals surface area contributed by atoms with Crippen molar-refractivity contribution in [2.45, 2.75) is 19.5 Å². The zero-order chi connectivity index (χ0) is 13.1. The number of rotatable bonds is 4. The highest BCUT2D eigenvalue weighted by atomic mass is 15.2. The van der Waals surface area contributed by atoms with Gasteiger partial charge in [0.2, 0.25) is 0 Å². The lowest BCUT2D eigenvalue weighted by molar-refractivity contribution is 0.753. The Balaban J connectivity index is 2.09. The quantitative estimate of drug-likeness (QED) is 0.886. The van der Waals surface area contributed by atoms with Crippen LogP contribution in [0.15, 0.2) is 30.7 Å². The summed E-state index contributed by atoms with van der Waals surface area (Å²) >= 11 is 0. The van der Waals surface area contributed by atoms with Gasteiger partial charge in [-0.1, -0.05) is 6.07 Å². The molecule has 2 heterocycles. The largest absolute Gasteiger partial charge is 0.352 e. The predicted octanol–water partition coefficient (Wildman–Crippen LogP) is 1.47. The van der Waals surface area contributed by atoms with Gasteiger partial charge in [-0.15, -0.1) is 0 Å². The molecule has 0 radical (unpaired) electrons. The van der Waals surface area contributed by atoms with E-state index >= 15 is 0 Å². The van der Waals surface area contributed by atoms with Crippen LogP contribution in [0.4, 0.5) is 5.82 Å². The van der Waals surface area contributed by atoms with E-state index in [1.54, 1.807) is 6.20 Å². The Bertz CT molecular complexity index is 500. The van der Waals surface area contributed by atoms with Crippen LogP contribution >= 0.6 is 0 Å². The van der Waals surface area contributed by atoms with E-state index in [1.165, 1.54) is 0 Å². The summed E-state index contributed by atoms with van der Waals surface area (Å²) in [6.45, 7) is 2.68. The highest BCUT2D eigenvalue weighted by molar-refractivity contribution is 5.38. The van der Waals surface area contributed by atoms with Gasteiger partial charge in [0, 0.05) is 38.7 Å². The Morgan fingerprint density at radius 2 is 2.17 bits per heavy atom. The Morgan fingerprint density at radius 3 is 2.67 bits per heavy atom. The molecular formula is C13H19N5. The van der Waals surface area contributed by atoms with Crippen LogP contribution in [0.25, 0.3) is 0 Å². The molecule has 2 rings (SSSR count). The fourth-order valence-corrected chi connectivity index (χ4v) is 1.73. The minimum absolute atomic E-state index is 0.0198. The molecule has 2 N–H and O–H groups in total. The van der Waals surface area contributed by atoms with Crippen LogP contribution in [0.2, 0.25) is 0 Å². The van der Waals surface area contributed by atoms with E-state index in [1.807, 2.05) is 50.1 Å². The van der Waals surface area contributed by atoms with Crippen molar-refractivity contribution < 1.29 is 0 Å². The third kappa shape index (κ3) is 2.68. The van der Waals surface area contributed by atoms with Gasteiger partial charge >= 0.3 is 0 Å². The van der Waals surface area contributed by atoms with Gasteiger partial charge in [-0.3, -0.25) is 0 Å². The van der Waals surface area contributed by atoms with E-state index in [2.05, 4.69) is 14.9 Å². The number of imidazole rings is 1. The number of aromatic nitrogens is 3. The number of anilines is 1. The molecule has 0 spiro atoms. The molecule has 2 aromatic heterocycles. The molecule has 0 aliphatic rings. The number of pyridine rings is 1. The maximum atomic E-state index is 5.80. The first-order valence-electron chi connectivity index (χ1n) is 5.97. The summed E-state index contributed by atoms with van der Waals surface area (Å²) in [5.74, 6) is 1.93. The minimum Gasteiger partial charge on any atom is -0.352 e. The number of nitrogens with two attached hydrogens (primary N) is 1. The molecule has 96 valence electrons. The van der Waals surface area contributed by atoms with Gasteiger partial charge in [-0.05, 0) is 18.6 Å². The highest BCUT2D eigenvalue weighted by Gasteiger charge is 2.07. The van der Waals surface area contributed by atoms with Crippen molar-refractivity contribution in [2.24, 2.45) is 12.8 Å². The summed E-state index contributed by atoms with van der Waals surface area (Å²) < 4.78 is 2.01. The molecule has 18 heavy (non-hydrogen) atoms. The molecule has 0 fully saturated rings. The smallest absolute Gasteiger partial charge is 0.128 e. The molecule has 5 nitrogen and oxygen atoms in total. The zero-order valence-electron chi connectivity index (χ0n) is 11.0. The third-order valence-electron chi connectivity index (χ3n) is 2.99. The Labute approximate surface area is 107 Å². The zero-order valence-corrected chi connectivity index (χ0v) is 11.0. The summed E-state index contributed by atoms with van der Waals surface area (Å²) in [7, 11) is 3.99. The van der Waals surface area contributed by atoms with Gasteiger partial charge in [0.1, 0.15) is 11.6 Å². The lowest BCUT2D eigenvalue weighted by Gasteiger charge is -2.18. The van der Waals surface area contributed by atoms with Gasteiger partial charge in [0.15, 0.2) is 0 Å². The summed E-state index contributed by atoms with van der Waals surface area (Å²) in [4.78, 5) is 10.8. The van der Waals surface area contributed by atoms with Gasteiger partial charge in [-0.25, -0.2) is 9.97 Å². The first kappa shape index (κ1) is 12.6. The van der Waals surface area contributed by atoms with Gasteiger partial charge in [0.25, 0.3) is 0 Å². The topological polar surface area (TPSA) is 60.0 Å². The van der Waals surface area contributed by atoms with Crippen LogP contribution in [0.3, 0.4) is 0 Å². The van der Waals surface area contributed by atoms with E-state index < -0.39 is 0 Å². The number of aryl methyl sites for hydroxylation is 1. The molecule has 2 aromatic rings. The Kier molecular flexibility index (Phi) is 3.62. The fraction of sp³-hybridized carbons (Fsp3) is 0.385. The molecule has 0 aliphatic heterocycles. The molecule has 0 aliphatic carbocycles. The van der Waals surface area contributed by atoms with E-state index in [0.29, 0.717) is 0 Å². The lowest BCUT2D eigenvalue weighted by Crippen LogP contribution is -2.20. The number of nitrogens with zero attached hydrogens (tertiary/aromatic N) is 4. The Morgan fingerprint density at radius 1 is 1.39 bits per heavy atom. The number of hydrogen-bond donors (Lipinski definition) is 1. The molecule has 0 amide bonds. The van der Waals surface area contributed by atoms with Crippen molar-refractivity contribution in [3.8, 4) is 0 Å². The van der Waals surface area contributed by atoms with Crippen LogP contribution in [-0.2, 0) is 13.6 Å². The molecule has 5 heteroatoms. The van der Waals surface area contributed by atoms with Crippen molar-refractivity contribution in [3.05, 3.63) is 42.1 Å². The molecular weight excluding hydrogens is 226 g/mol. The van der Waals surface area contributed by atoms with Crippen LogP contribution in [0.5, 0.6) is 0 Å². The standard InChI is InChI=1S/C13H19N5/c1-10(14)11-4-5-12(16-8-11)18(3)9-13-15-6-7-17(13)2/h4-8,10H,9,14H2,1-3H3. The van der Waals surface area contributed by atoms with Gasteiger partial charge in [-0.2, -0.15) is 0 Å².